The van der Waals surface area contributed by atoms with Gasteiger partial charge < -0.3 is 15.2 Å². The van der Waals surface area contributed by atoms with Crippen LogP contribution in [0.3, 0.4) is 0 Å². The number of esters is 1. The van der Waals surface area contributed by atoms with Crippen LogP contribution < -0.4 is 10.5 Å². The molecule has 2 aromatic rings. The van der Waals surface area contributed by atoms with Crippen LogP contribution in [0.2, 0.25) is 0 Å². The Kier molecular flexibility index (Phi) is 4.93. The van der Waals surface area contributed by atoms with E-state index in [4.69, 9.17) is 15.2 Å². The van der Waals surface area contributed by atoms with Gasteiger partial charge in [-0.1, -0.05) is 12.1 Å². The molecule has 0 unspecified atom stereocenters. The maximum Gasteiger partial charge on any atom is 0.342 e. The van der Waals surface area contributed by atoms with Crippen LogP contribution in [0.1, 0.15) is 29.9 Å². The first-order valence-corrected chi connectivity index (χ1v) is 7.11. The Morgan fingerprint density at radius 2 is 1.91 bits per heavy atom. The Bertz CT molecular complexity index is 686. The molecule has 6 nitrogen and oxygen atoms in total. The van der Waals surface area contributed by atoms with Crippen LogP contribution in [-0.4, -0.2) is 29.2 Å². The lowest BCUT2D eigenvalue weighted by Crippen LogP contribution is -2.13. The van der Waals surface area contributed by atoms with Crippen molar-refractivity contribution in [1.29, 1.82) is 0 Å². The summed E-state index contributed by atoms with van der Waals surface area (Å²) < 4.78 is 10.7. The molecule has 0 spiro atoms. The molecular weight excluding hydrogens is 282 g/mol. The number of nitrogens with zero attached hydrogens (tertiary/aromatic N) is 2. The summed E-state index contributed by atoms with van der Waals surface area (Å²) in [5.41, 5.74) is 7.64. The zero-order valence-electron chi connectivity index (χ0n) is 12.9. The molecule has 0 amide bonds. The molecule has 0 aliphatic rings. The van der Waals surface area contributed by atoms with E-state index in [1.807, 2.05) is 31.2 Å². The van der Waals surface area contributed by atoms with Crippen LogP contribution in [0.15, 0.2) is 24.3 Å². The Balaban J connectivity index is 2.66. The Morgan fingerprint density at radius 1 is 1.18 bits per heavy atom. The summed E-state index contributed by atoms with van der Waals surface area (Å²) in [4.78, 5) is 20.6. The van der Waals surface area contributed by atoms with Gasteiger partial charge in [0.05, 0.1) is 24.6 Å². The van der Waals surface area contributed by atoms with Gasteiger partial charge in [0.25, 0.3) is 0 Å². The lowest BCUT2D eigenvalue weighted by molar-refractivity contribution is 0.0525. The van der Waals surface area contributed by atoms with E-state index >= 15 is 0 Å². The lowest BCUT2D eigenvalue weighted by Gasteiger charge is -2.14. The summed E-state index contributed by atoms with van der Waals surface area (Å²) in [6, 6.07) is 7.35. The highest BCUT2D eigenvalue weighted by Crippen LogP contribution is 2.32. The minimum Gasteiger partial charge on any atom is -0.493 e. The zero-order valence-corrected chi connectivity index (χ0v) is 12.9. The van der Waals surface area contributed by atoms with Crippen molar-refractivity contribution in [3.8, 4) is 17.0 Å². The number of hydrogen-bond acceptors (Lipinski definition) is 6. The molecule has 22 heavy (non-hydrogen) atoms. The van der Waals surface area contributed by atoms with E-state index in [1.54, 1.807) is 13.8 Å². The van der Waals surface area contributed by atoms with E-state index in [0.717, 1.165) is 0 Å². The second kappa shape index (κ2) is 6.89. The minimum absolute atomic E-state index is 0.104. The SMILES string of the molecule is CCOC(=O)c1c(C)nc(N)nc1-c1ccccc1OCC. The Hall–Kier alpha value is -2.63. The average Bonchev–Trinajstić information content (AvgIpc) is 2.47. The van der Waals surface area contributed by atoms with Gasteiger partial charge >= 0.3 is 5.97 Å². The molecule has 1 heterocycles. The maximum absolute atomic E-state index is 12.3. The molecule has 0 saturated carbocycles. The highest BCUT2D eigenvalue weighted by molar-refractivity contribution is 5.98. The molecule has 6 heteroatoms. The number of benzene rings is 1. The largest absolute Gasteiger partial charge is 0.493 e. The summed E-state index contributed by atoms with van der Waals surface area (Å²) in [5.74, 6) is 0.265. The summed E-state index contributed by atoms with van der Waals surface area (Å²) in [6.45, 7) is 6.12. The van der Waals surface area contributed by atoms with Crippen LogP contribution in [0, 0.1) is 6.92 Å². The Morgan fingerprint density at radius 3 is 2.59 bits per heavy atom. The van der Waals surface area contributed by atoms with Crippen molar-refractivity contribution in [1.82, 2.24) is 9.97 Å². The van der Waals surface area contributed by atoms with Crippen molar-refractivity contribution in [2.24, 2.45) is 0 Å². The normalized spacial score (nSPS) is 10.3. The molecule has 0 saturated heterocycles. The number of ether oxygens (including phenoxy) is 2. The predicted molar refractivity (Wildman–Crippen MR) is 83.7 cm³/mol. The van der Waals surface area contributed by atoms with Crippen molar-refractivity contribution in [2.45, 2.75) is 20.8 Å². The third kappa shape index (κ3) is 3.16. The molecule has 2 rings (SSSR count). The fourth-order valence-electron chi connectivity index (χ4n) is 2.18. The number of hydrogen-bond donors (Lipinski definition) is 1. The summed E-state index contributed by atoms with van der Waals surface area (Å²) in [6.07, 6.45) is 0. The van der Waals surface area contributed by atoms with Crippen molar-refractivity contribution >= 4 is 11.9 Å². The van der Waals surface area contributed by atoms with E-state index in [2.05, 4.69) is 9.97 Å². The highest BCUT2D eigenvalue weighted by atomic mass is 16.5. The van der Waals surface area contributed by atoms with Gasteiger partial charge in [-0.15, -0.1) is 0 Å². The fourth-order valence-corrected chi connectivity index (χ4v) is 2.18. The first-order chi connectivity index (χ1) is 10.6. The highest BCUT2D eigenvalue weighted by Gasteiger charge is 2.22. The monoisotopic (exact) mass is 301 g/mol. The third-order valence-corrected chi connectivity index (χ3v) is 3.03. The van der Waals surface area contributed by atoms with Crippen LogP contribution in [0.25, 0.3) is 11.3 Å². The number of anilines is 1. The van der Waals surface area contributed by atoms with Crippen molar-refractivity contribution in [3.63, 3.8) is 0 Å². The number of rotatable bonds is 5. The average molecular weight is 301 g/mol. The van der Waals surface area contributed by atoms with Gasteiger partial charge in [-0.05, 0) is 32.9 Å². The zero-order chi connectivity index (χ0) is 16.1. The molecule has 0 radical (unpaired) electrons. The molecule has 0 aliphatic heterocycles. The maximum atomic E-state index is 12.3. The van der Waals surface area contributed by atoms with Gasteiger partial charge in [-0.25, -0.2) is 14.8 Å². The molecule has 0 fully saturated rings. The van der Waals surface area contributed by atoms with Gasteiger partial charge in [0, 0.05) is 5.56 Å². The van der Waals surface area contributed by atoms with Gasteiger partial charge in [0.2, 0.25) is 5.95 Å². The molecule has 2 N–H and O–H groups in total. The molecule has 1 aromatic heterocycles. The summed E-state index contributed by atoms with van der Waals surface area (Å²) in [7, 11) is 0. The number of para-hydroxylation sites is 1. The number of aryl methyl sites for hydroxylation is 1. The number of nitrogen functional groups attached to an aromatic ring is 1. The van der Waals surface area contributed by atoms with Gasteiger partial charge in [-0.3, -0.25) is 0 Å². The molecular formula is C16H19N3O3. The fraction of sp³-hybridized carbons (Fsp3) is 0.312. The first kappa shape index (κ1) is 15.8. The van der Waals surface area contributed by atoms with Crippen molar-refractivity contribution < 1.29 is 14.3 Å². The summed E-state index contributed by atoms with van der Waals surface area (Å²) >= 11 is 0. The van der Waals surface area contributed by atoms with E-state index in [1.165, 1.54) is 0 Å². The summed E-state index contributed by atoms with van der Waals surface area (Å²) in [5, 5.41) is 0. The lowest BCUT2D eigenvalue weighted by atomic mass is 10.0. The van der Waals surface area contributed by atoms with Gasteiger partial charge in [-0.2, -0.15) is 0 Å². The molecule has 116 valence electrons. The second-order valence-electron chi connectivity index (χ2n) is 4.54. The van der Waals surface area contributed by atoms with E-state index in [-0.39, 0.29) is 12.6 Å². The smallest absolute Gasteiger partial charge is 0.342 e. The number of nitrogens with two attached hydrogens (primary N) is 1. The van der Waals surface area contributed by atoms with Crippen molar-refractivity contribution in [3.05, 3.63) is 35.5 Å². The predicted octanol–water partition coefficient (Wildman–Crippen LogP) is 2.61. The van der Waals surface area contributed by atoms with Crippen LogP contribution in [0.4, 0.5) is 5.95 Å². The number of carbonyl (C=O) groups excluding carboxylic acids is 1. The Labute approximate surface area is 129 Å². The van der Waals surface area contributed by atoms with E-state index in [9.17, 15) is 4.79 Å². The molecule has 0 atom stereocenters. The molecule has 0 aliphatic carbocycles. The topological polar surface area (TPSA) is 87.3 Å². The standard InChI is InChI=1S/C16H19N3O3/c1-4-21-12-9-7-6-8-11(12)14-13(15(20)22-5-2)10(3)18-16(17)19-14/h6-9H,4-5H2,1-3H3,(H2,17,18,19). The number of carbonyl (C=O) groups is 1. The number of aromatic nitrogens is 2. The van der Waals surface area contributed by atoms with E-state index < -0.39 is 5.97 Å². The molecule has 0 bridgehead atoms. The minimum atomic E-state index is -0.471. The van der Waals surface area contributed by atoms with Crippen LogP contribution in [0.5, 0.6) is 5.75 Å². The second-order valence-corrected chi connectivity index (χ2v) is 4.54. The first-order valence-electron chi connectivity index (χ1n) is 7.11. The van der Waals surface area contributed by atoms with E-state index in [0.29, 0.717) is 34.9 Å². The van der Waals surface area contributed by atoms with Crippen molar-refractivity contribution in [2.75, 3.05) is 18.9 Å². The third-order valence-electron chi connectivity index (χ3n) is 3.03. The molecule has 1 aromatic carbocycles. The van der Waals surface area contributed by atoms with Crippen LogP contribution >= 0.6 is 0 Å². The van der Waals surface area contributed by atoms with Crippen LogP contribution in [-0.2, 0) is 4.74 Å². The van der Waals surface area contributed by atoms with Gasteiger partial charge in [0.15, 0.2) is 0 Å². The van der Waals surface area contributed by atoms with Gasteiger partial charge in [0.1, 0.15) is 11.3 Å². The quantitative estimate of drug-likeness (QED) is 0.854.